The maximum absolute atomic E-state index is 11.8. The standard InChI is InChI=1S/C32H25N7O3/c1-20-28-29(21-10-8-14-24(18-21)39(40)41)37-27-17-7-6-16-26(27)34-30(33-22-11-9-15-25(19-22)42-2)32(37)35-31(28)38(36-20)23-12-4-3-5-13-23/h3-19,29H,1-2H3,(H,33,34). The Balaban J connectivity index is 1.49. The Morgan fingerprint density at radius 1 is 0.905 bits per heavy atom. The second-order valence-corrected chi connectivity index (χ2v) is 9.94. The van der Waals surface area contributed by atoms with Gasteiger partial charge >= 0.3 is 0 Å². The van der Waals surface area contributed by atoms with Crippen LogP contribution in [0, 0.1) is 17.0 Å². The SMILES string of the molecule is COc1cccc(NC2=Nc3ccccc3N3C2=Nc2c(c(C)nn2-c2ccccc2)C3c2cccc([N+](=O)[O-])c2)c1. The molecule has 0 amide bonds. The molecule has 4 aromatic carbocycles. The molecule has 0 saturated heterocycles. The van der Waals surface area contributed by atoms with Crippen LogP contribution in [0.3, 0.4) is 0 Å². The van der Waals surface area contributed by atoms with Crippen molar-refractivity contribution in [1.29, 1.82) is 0 Å². The van der Waals surface area contributed by atoms with Gasteiger partial charge in [-0.15, -0.1) is 0 Å². The van der Waals surface area contributed by atoms with Crippen LogP contribution >= 0.6 is 0 Å². The quantitative estimate of drug-likeness (QED) is 0.187. The number of para-hydroxylation sites is 3. The van der Waals surface area contributed by atoms with Gasteiger partial charge < -0.3 is 15.0 Å². The van der Waals surface area contributed by atoms with Crippen LogP contribution < -0.4 is 15.0 Å². The van der Waals surface area contributed by atoms with Gasteiger partial charge in [0.05, 0.1) is 40.8 Å². The lowest BCUT2D eigenvalue weighted by Crippen LogP contribution is -2.46. The molecular formula is C32H25N7O3. The average Bonchev–Trinajstić information content (AvgIpc) is 3.36. The molecule has 10 heteroatoms. The van der Waals surface area contributed by atoms with E-state index in [4.69, 9.17) is 19.8 Å². The summed E-state index contributed by atoms with van der Waals surface area (Å²) in [5.41, 5.74) is 5.60. The molecule has 10 nitrogen and oxygen atoms in total. The number of fused-ring (bicyclic) bond motifs is 4. The lowest BCUT2D eigenvalue weighted by atomic mass is 9.93. The van der Waals surface area contributed by atoms with Gasteiger partial charge in [-0.2, -0.15) is 5.10 Å². The summed E-state index contributed by atoms with van der Waals surface area (Å²) in [7, 11) is 1.62. The molecule has 0 spiro atoms. The van der Waals surface area contributed by atoms with Gasteiger partial charge in [0.1, 0.15) is 5.75 Å². The first-order valence-corrected chi connectivity index (χ1v) is 13.4. The molecule has 1 aromatic heterocycles. The predicted octanol–water partition coefficient (Wildman–Crippen LogP) is 6.89. The van der Waals surface area contributed by atoms with Crippen LogP contribution in [0.2, 0.25) is 0 Å². The molecule has 0 bridgehead atoms. The normalized spacial score (nSPS) is 15.1. The van der Waals surface area contributed by atoms with Crippen molar-refractivity contribution in [3.8, 4) is 11.4 Å². The molecule has 0 aliphatic carbocycles. The highest BCUT2D eigenvalue weighted by atomic mass is 16.6. The summed E-state index contributed by atoms with van der Waals surface area (Å²) < 4.78 is 7.26. The van der Waals surface area contributed by atoms with Crippen molar-refractivity contribution in [3.63, 3.8) is 0 Å². The number of aromatic nitrogens is 2. The molecule has 2 aliphatic rings. The fraction of sp³-hybridized carbons (Fsp3) is 0.0938. The zero-order valence-electron chi connectivity index (χ0n) is 22.8. The first kappa shape index (κ1) is 25.2. The van der Waals surface area contributed by atoms with Crippen molar-refractivity contribution >= 4 is 40.2 Å². The van der Waals surface area contributed by atoms with E-state index >= 15 is 0 Å². The molecule has 1 unspecified atom stereocenters. The number of nitrogens with zero attached hydrogens (tertiary/aromatic N) is 6. The van der Waals surface area contributed by atoms with E-state index in [1.54, 1.807) is 19.2 Å². The van der Waals surface area contributed by atoms with Crippen LogP contribution in [-0.4, -0.2) is 33.5 Å². The van der Waals surface area contributed by atoms with Crippen LogP contribution in [0.5, 0.6) is 5.75 Å². The minimum atomic E-state index is -0.469. The maximum Gasteiger partial charge on any atom is 0.269 e. The van der Waals surface area contributed by atoms with E-state index in [1.807, 2.05) is 96.5 Å². The van der Waals surface area contributed by atoms with Gasteiger partial charge in [-0.1, -0.05) is 48.5 Å². The minimum Gasteiger partial charge on any atom is -0.497 e. The number of anilines is 2. The van der Waals surface area contributed by atoms with Crippen molar-refractivity contribution in [2.24, 2.45) is 9.98 Å². The topological polar surface area (TPSA) is 110 Å². The van der Waals surface area contributed by atoms with E-state index in [1.165, 1.54) is 6.07 Å². The van der Waals surface area contributed by atoms with E-state index in [2.05, 4.69) is 10.2 Å². The fourth-order valence-electron chi connectivity index (χ4n) is 5.51. The van der Waals surface area contributed by atoms with E-state index in [9.17, 15) is 10.1 Å². The zero-order chi connectivity index (χ0) is 28.8. The van der Waals surface area contributed by atoms with Gasteiger partial charge in [0.25, 0.3) is 5.69 Å². The molecule has 0 radical (unpaired) electrons. The van der Waals surface area contributed by atoms with Crippen molar-refractivity contribution in [2.45, 2.75) is 13.0 Å². The van der Waals surface area contributed by atoms with Gasteiger partial charge in [-0.3, -0.25) is 10.1 Å². The molecule has 1 atom stereocenters. The third-order valence-electron chi connectivity index (χ3n) is 7.37. The number of ether oxygens (including phenoxy) is 1. The van der Waals surface area contributed by atoms with E-state index < -0.39 is 6.04 Å². The van der Waals surface area contributed by atoms with Crippen molar-refractivity contribution in [2.75, 3.05) is 17.3 Å². The molecular weight excluding hydrogens is 530 g/mol. The zero-order valence-corrected chi connectivity index (χ0v) is 22.8. The first-order chi connectivity index (χ1) is 20.5. The van der Waals surface area contributed by atoms with Crippen molar-refractivity contribution < 1.29 is 9.66 Å². The number of aryl methyl sites for hydroxylation is 1. The summed E-state index contributed by atoms with van der Waals surface area (Å²) in [5.74, 6) is 2.44. The van der Waals surface area contributed by atoms with Gasteiger partial charge in [0.15, 0.2) is 17.5 Å². The third-order valence-corrected chi connectivity index (χ3v) is 7.37. The molecule has 1 N–H and O–H groups in total. The number of hydrogen-bond acceptors (Lipinski definition) is 8. The van der Waals surface area contributed by atoms with Crippen LogP contribution in [0.1, 0.15) is 22.9 Å². The average molecular weight is 556 g/mol. The number of rotatable bonds is 5. The van der Waals surface area contributed by atoms with Gasteiger partial charge in [-0.25, -0.2) is 14.7 Å². The van der Waals surface area contributed by atoms with Crippen LogP contribution in [0.15, 0.2) is 113 Å². The molecule has 5 aromatic rings. The van der Waals surface area contributed by atoms with Crippen LogP contribution in [-0.2, 0) is 0 Å². The van der Waals surface area contributed by atoms with Crippen molar-refractivity contribution in [3.05, 3.63) is 130 Å². The second kappa shape index (κ2) is 10.0. The van der Waals surface area contributed by atoms with Crippen LogP contribution in [0.4, 0.5) is 28.6 Å². The lowest BCUT2D eigenvalue weighted by molar-refractivity contribution is -0.384. The largest absolute Gasteiger partial charge is 0.497 e. The molecule has 42 heavy (non-hydrogen) atoms. The first-order valence-electron chi connectivity index (χ1n) is 13.4. The molecule has 3 heterocycles. The third kappa shape index (κ3) is 4.17. The molecule has 0 saturated carbocycles. The smallest absolute Gasteiger partial charge is 0.269 e. The number of methoxy groups -OCH3 is 1. The number of nitro groups is 1. The minimum absolute atomic E-state index is 0.0138. The predicted molar refractivity (Wildman–Crippen MR) is 163 cm³/mol. The summed E-state index contributed by atoms with van der Waals surface area (Å²) in [6, 6.07) is 31.5. The Morgan fingerprint density at radius 3 is 2.50 bits per heavy atom. The maximum atomic E-state index is 11.8. The number of nitrogens with one attached hydrogen (secondary N) is 1. The Bertz CT molecular complexity index is 1910. The summed E-state index contributed by atoms with van der Waals surface area (Å²) in [5, 5.41) is 20.2. The lowest BCUT2D eigenvalue weighted by Gasteiger charge is -2.40. The van der Waals surface area contributed by atoms with E-state index in [0.717, 1.165) is 39.6 Å². The molecule has 7 rings (SSSR count). The van der Waals surface area contributed by atoms with Gasteiger partial charge in [0, 0.05) is 29.4 Å². The summed E-state index contributed by atoms with van der Waals surface area (Å²) in [4.78, 5) is 23.8. The van der Waals surface area contributed by atoms with E-state index in [-0.39, 0.29) is 10.6 Å². The fourth-order valence-corrected chi connectivity index (χ4v) is 5.51. The number of nitro benzene ring substituents is 1. The number of benzene rings is 4. The summed E-state index contributed by atoms with van der Waals surface area (Å²) in [6.07, 6.45) is 0. The molecule has 206 valence electrons. The Kier molecular flexibility index (Phi) is 6.01. The number of non-ortho nitro benzene ring substituents is 1. The Labute approximate surface area is 241 Å². The summed E-state index contributed by atoms with van der Waals surface area (Å²) >= 11 is 0. The Morgan fingerprint density at radius 2 is 1.69 bits per heavy atom. The highest BCUT2D eigenvalue weighted by molar-refractivity contribution is 6.51. The molecule has 0 fully saturated rings. The number of amidine groups is 2. The van der Waals surface area contributed by atoms with Gasteiger partial charge in [0.2, 0.25) is 0 Å². The highest BCUT2D eigenvalue weighted by Gasteiger charge is 2.41. The number of aliphatic imine (C=N–C) groups is 2. The second-order valence-electron chi connectivity index (χ2n) is 9.94. The van der Waals surface area contributed by atoms with Crippen molar-refractivity contribution in [1.82, 2.24) is 9.78 Å². The monoisotopic (exact) mass is 555 g/mol. The number of hydrogen-bond donors (Lipinski definition) is 1. The highest BCUT2D eigenvalue weighted by Crippen LogP contribution is 2.48. The summed E-state index contributed by atoms with van der Waals surface area (Å²) in [6.45, 7) is 1.95. The van der Waals surface area contributed by atoms with Gasteiger partial charge in [-0.05, 0) is 48.9 Å². The Hall–Kier alpha value is -5.77. The van der Waals surface area contributed by atoms with E-state index in [0.29, 0.717) is 23.2 Å². The molecule has 2 aliphatic heterocycles. The van der Waals surface area contributed by atoms with Crippen LogP contribution in [0.25, 0.3) is 5.69 Å².